The smallest absolute Gasteiger partial charge is 0.0947 e. The van der Waals surface area contributed by atoms with E-state index >= 15 is 0 Å². The molecule has 0 aromatic heterocycles. The van der Waals surface area contributed by atoms with Gasteiger partial charge in [-0.2, -0.15) is 0 Å². The van der Waals surface area contributed by atoms with Crippen molar-refractivity contribution in [1.82, 2.24) is 4.90 Å². The van der Waals surface area contributed by atoms with Crippen molar-refractivity contribution < 1.29 is 5.11 Å². The summed E-state index contributed by atoms with van der Waals surface area (Å²) in [5, 5.41) is 9.55. The Kier molecular flexibility index (Phi) is 2.78. The highest BCUT2D eigenvalue weighted by Crippen LogP contribution is 2.22. The molecule has 1 heterocycles. The molecule has 15 heavy (non-hydrogen) atoms. The largest absolute Gasteiger partial charge is 0.387 e. The highest BCUT2D eigenvalue weighted by molar-refractivity contribution is 5.22. The van der Waals surface area contributed by atoms with Crippen LogP contribution in [0.5, 0.6) is 0 Å². The second-order valence-electron chi connectivity index (χ2n) is 4.20. The van der Waals surface area contributed by atoms with Crippen molar-refractivity contribution in [2.75, 3.05) is 6.54 Å². The Morgan fingerprint density at radius 2 is 2.07 bits per heavy atom. The molecule has 0 aliphatic carbocycles. The molecule has 80 valence electrons. The molecule has 2 nitrogen and oxygen atoms in total. The van der Waals surface area contributed by atoms with Crippen LogP contribution in [-0.2, 0) is 6.54 Å². The van der Waals surface area contributed by atoms with Crippen LogP contribution in [-0.4, -0.2) is 22.7 Å². The number of aliphatic hydroxyl groups is 1. The summed E-state index contributed by atoms with van der Waals surface area (Å²) in [5.74, 6) is 0. The zero-order chi connectivity index (χ0) is 10.8. The molecule has 1 atom stereocenters. The molecule has 1 fully saturated rings. The van der Waals surface area contributed by atoms with E-state index in [1.165, 1.54) is 11.1 Å². The monoisotopic (exact) mass is 203 g/mol. The van der Waals surface area contributed by atoms with Crippen molar-refractivity contribution >= 4 is 0 Å². The molecule has 2 heteroatoms. The van der Waals surface area contributed by atoms with E-state index in [1.54, 1.807) is 0 Å². The number of hydrogen-bond donors (Lipinski definition) is 1. The topological polar surface area (TPSA) is 23.5 Å². The van der Waals surface area contributed by atoms with Gasteiger partial charge in [-0.3, -0.25) is 0 Å². The molecule has 1 N–H and O–H groups in total. The number of aryl methyl sites for hydroxylation is 1. The minimum atomic E-state index is -0.338. The van der Waals surface area contributed by atoms with Crippen molar-refractivity contribution in [3.8, 4) is 0 Å². The molecule has 1 aliphatic rings. The summed E-state index contributed by atoms with van der Waals surface area (Å²) in [6, 6.07) is 8.50. The average Bonchev–Trinajstić information content (AvgIpc) is 2.53. The number of rotatable bonds is 2. The molecule has 0 saturated carbocycles. The minimum Gasteiger partial charge on any atom is -0.387 e. The average molecular weight is 203 g/mol. The number of aliphatic hydroxyl groups excluding tert-OH is 1. The highest BCUT2D eigenvalue weighted by Gasteiger charge is 2.23. The van der Waals surface area contributed by atoms with Gasteiger partial charge in [0.1, 0.15) is 0 Å². The van der Waals surface area contributed by atoms with E-state index in [4.69, 9.17) is 0 Å². The standard InChI is InChI=1S/C13H17NO/c1-10-3-5-12(6-4-10)9-14-8-7-13(15)11(14)2/h3-6,13,15H,2,7-9H2,1H3/t13-/m0/s1. The van der Waals surface area contributed by atoms with Crippen LogP contribution in [0.3, 0.4) is 0 Å². The summed E-state index contributed by atoms with van der Waals surface area (Å²) in [6.45, 7) is 7.76. The summed E-state index contributed by atoms with van der Waals surface area (Å²) < 4.78 is 0. The molecule has 1 aliphatic heterocycles. The maximum atomic E-state index is 9.55. The Bertz CT molecular complexity index is 355. The molecule has 0 spiro atoms. The van der Waals surface area contributed by atoms with Gasteiger partial charge in [0.25, 0.3) is 0 Å². The minimum absolute atomic E-state index is 0.338. The Hall–Kier alpha value is -1.28. The van der Waals surface area contributed by atoms with Crippen LogP contribution in [0.1, 0.15) is 17.5 Å². The number of nitrogens with zero attached hydrogens (tertiary/aromatic N) is 1. The molecule has 0 radical (unpaired) electrons. The zero-order valence-corrected chi connectivity index (χ0v) is 9.11. The van der Waals surface area contributed by atoms with Gasteiger partial charge in [-0.1, -0.05) is 36.4 Å². The van der Waals surface area contributed by atoms with Gasteiger partial charge in [-0.05, 0) is 18.9 Å². The molecule has 1 saturated heterocycles. The van der Waals surface area contributed by atoms with E-state index in [1.807, 2.05) is 0 Å². The molecule has 0 bridgehead atoms. The van der Waals surface area contributed by atoms with Crippen molar-refractivity contribution in [2.45, 2.75) is 26.0 Å². The Morgan fingerprint density at radius 3 is 2.60 bits per heavy atom. The molecular formula is C13H17NO. The van der Waals surface area contributed by atoms with Gasteiger partial charge in [0.05, 0.1) is 6.10 Å². The number of likely N-dealkylation sites (tertiary alicyclic amines) is 1. The van der Waals surface area contributed by atoms with E-state index < -0.39 is 0 Å². The third kappa shape index (κ3) is 2.21. The first-order chi connectivity index (χ1) is 7.16. The molecule has 1 aromatic carbocycles. The summed E-state index contributed by atoms with van der Waals surface area (Å²) in [5.41, 5.74) is 3.41. The third-order valence-electron chi connectivity index (χ3n) is 2.96. The summed E-state index contributed by atoms with van der Waals surface area (Å²) in [7, 11) is 0. The van der Waals surface area contributed by atoms with Crippen LogP contribution in [0, 0.1) is 6.92 Å². The highest BCUT2D eigenvalue weighted by atomic mass is 16.3. The van der Waals surface area contributed by atoms with E-state index in [-0.39, 0.29) is 6.10 Å². The zero-order valence-electron chi connectivity index (χ0n) is 9.11. The molecule has 2 rings (SSSR count). The van der Waals surface area contributed by atoms with E-state index in [9.17, 15) is 5.11 Å². The number of benzene rings is 1. The van der Waals surface area contributed by atoms with Gasteiger partial charge in [-0.15, -0.1) is 0 Å². The lowest BCUT2D eigenvalue weighted by atomic mass is 10.1. The van der Waals surface area contributed by atoms with Crippen LogP contribution in [0.15, 0.2) is 36.5 Å². The molecular weight excluding hydrogens is 186 g/mol. The Balaban J connectivity index is 2.03. The van der Waals surface area contributed by atoms with Gasteiger partial charge < -0.3 is 10.0 Å². The van der Waals surface area contributed by atoms with Gasteiger partial charge >= 0.3 is 0 Å². The molecule has 0 amide bonds. The Labute approximate surface area is 90.8 Å². The summed E-state index contributed by atoms with van der Waals surface area (Å²) in [6.07, 6.45) is 0.473. The maximum Gasteiger partial charge on any atom is 0.0947 e. The second-order valence-corrected chi connectivity index (χ2v) is 4.20. The van der Waals surface area contributed by atoms with Crippen molar-refractivity contribution in [3.63, 3.8) is 0 Å². The van der Waals surface area contributed by atoms with Crippen LogP contribution in [0.4, 0.5) is 0 Å². The molecule has 0 unspecified atom stereocenters. The third-order valence-corrected chi connectivity index (χ3v) is 2.96. The first kappa shape index (κ1) is 10.2. The van der Waals surface area contributed by atoms with Gasteiger partial charge in [0, 0.05) is 18.8 Å². The van der Waals surface area contributed by atoms with Crippen LogP contribution in [0.2, 0.25) is 0 Å². The van der Waals surface area contributed by atoms with Crippen LogP contribution in [0.25, 0.3) is 0 Å². The van der Waals surface area contributed by atoms with Gasteiger partial charge in [0.15, 0.2) is 0 Å². The van der Waals surface area contributed by atoms with Crippen LogP contribution < -0.4 is 0 Å². The quantitative estimate of drug-likeness (QED) is 0.795. The van der Waals surface area contributed by atoms with Crippen LogP contribution >= 0.6 is 0 Å². The normalized spacial score (nSPS) is 21.1. The lowest BCUT2D eigenvalue weighted by molar-refractivity contribution is 0.213. The van der Waals surface area contributed by atoms with Gasteiger partial charge in [0.2, 0.25) is 0 Å². The van der Waals surface area contributed by atoms with Crippen molar-refractivity contribution in [1.29, 1.82) is 0 Å². The van der Waals surface area contributed by atoms with E-state index in [0.717, 1.165) is 25.2 Å². The lowest BCUT2D eigenvalue weighted by Gasteiger charge is -2.19. The predicted octanol–water partition coefficient (Wildman–Crippen LogP) is 2.08. The van der Waals surface area contributed by atoms with E-state index in [2.05, 4.69) is 42.7 Å². The fourth-order valence-corrected chi connectivity index (χ4v) is 1.89. The lowest BCUT2D eigenvalue weighted by Crippen LogP contribution is -2.18. The SMILES string of the molecule is C=C1[C@@H](O)CCN1Cc1ccc(C)cc1. The fourth-order valence-electron chi connectivity index (χ4n) is 1.89. The van der Waals surface area contributed by atoms with E-state index in [0.29, 0.717) is 0 Å². The Morgan fingerprint density at radius 1 is 1.40 bits per heavy atom. The molecule has 1 aromatic rings. The first-order valence-electron chi connectivity index (χ1n) is 5.34. The summed E-state index contributed by atoms with van der Waals surface area (Å²) >= 11 is 0. The second kappa shape index (κ2) is 4.07. The predicted molar refractivity (Wildman–Crippen MR) is 61.4 cm³/mol. The van der Waals surface area contributed by atoms with Crippen molar-refractivity contribution in [2.24, 2.45) is 0 Å². The number of hydrogen-bond acceptors (Lipinski definition) is 2. The van der Waals surface area contributed by atoms with Gasteiger partial charge in [-0.25, -0.2) is 0 Å². The summed E-state index contributed by atoms with van der Waals surface area (Å²) in [4.78, 5) is 2.15. The first-order valence-corrected chi connectivity index (χ1v) is 5.34. The maximum absolute atomic E-state index is 9.55. The van der Waals surface area contributed by atoms with Crippen molar-refractivity contribution in [3.05, 3.63) is 47.7 Å². The fraction of sp³-hybridized carbons (Fsp3) is 0.385.